The first-order chi connectivity index (χ1) is 12.2. The van der Waals surface area contributed by atoms with Crippen LogP contribution in [0.25, 0.3) is 22.3 Å². The van der Waals surface area contributed by atoms with Gasteiger partial charge in [0.15, 0.2) is 10.7 Å². The Kier molecular flexibility index (Phi) is 5.05. The summed E-state index contributed by atoms with van der Waals surface area (Å²) in [4.78, 5) is 24.8. The summed E-state index contributed by atoms with van der Waals surface area (Å²) < 4.78 is 10.3. The van der Waals surface area contributed by atoms with Gasteiger partial charge < -0.3 is 9.15 Å². The maximum absolute atomic E-state index is 12.5. The Labute approximate surface area is 149 Å². The Hall–Kier alpha value is -2.79. The van der Waals surface area contributed by atoms with Gasteiger partial charge in [-0.2, -0.15) is 0 Å². The van der Waals surface area contributed by atoms with E-state index < -0.39 is 11.6 Å². The van der Waals surface area contributed by atoms with Crippen molar-refractivity contribution >= 4 is 17.7 Å². The van der Waals surface area contributed by atoms with Gasteiger partial charge in [0.1, 0.15) is 0 Å². The smallest absolute Gasteiger partial charge is 0.352 e. The van der Waals surface area contributed by atoms with Gasteiger partial charge in [0.05, 0.1) is 7.11 Å². The number of thioether (sulfide) groups is 1. The molecule has 0 bridgehead atoms. The highest BCUT2D eigenvalue weighted by Gasteiger charge is 2.26. The lowest BCUT2D eigenvalue weighted by Gasteiger charge is -2.15. The molecule has 0 amide bonds. The summed E-state index contributed by atoms with van der Waals surface area (Å²) in [6.07, 6.45) is 1.83. The second kappa shape index (κ2) is 7.40. The van der Waals surface area contributed by atoms with Crippen LogP contribution in [0.5, 0.6) is 0 Å². The van der Waals surface area contributed by atoms with Gasteiger partial charge in [0, 0.05) is 11.1 Å². The number of carbonyl (C=O) groups is 1. The van der Waals surface area contributed by atoms with Crippen molar-refractivity contribution < 1.29 is 13.9 Å². The molecule has 0 unspecified atom stereocenters. The summed E-state index contributed by atoms with van der Waals surface area (Å²) in [5.41, 5.74) is 2.06. The van der Waals surface area contributed by atoms with E-state index in [0.29, 0.717) is 16.2 Å². The van der Waals surface area contributed by atoms with Crippen LogP contribution in [0.4, 0.5) is 0 Å². The zero-order valence-corrected chi connectivity index (χ0v) is 14.6. The predicted octanol–water partition coefficient (Wildman–Crippen LogP) is 4.48. The van der Waals surface area contributed by atoms with E-state index in [0.717, 1.165) is 11.1 Å². The van der Waals surface area contributed by atoms with Crippen LogP contribution in [0, 0.1) is 0 Å². The van der Waals surface area contributed by atoms with E-state index in [9.17, 15) is 9.59 Å². The maximum Gasteiger partial charge on any atom is 0.352 e. The van der Waals surface area contributed by atoms with Crippen molar-refractivity contribution in [2.24, 2.45) is 0 Å². The topological polar surface area (TPSA) is 56.5 Å². The first-order valence-electron chi connectivity index (χ1n) is 7.61. The number of hydrogen-bond donors (Lipinski definition) is 0. The summed E-state index contributed by atoms with van der Waals surface area (Å²) in [6, 6.07) is 18.9. The van der Waals surface area contributed by atoms with Crippen LogP contribution >= 0.6 is 11.8 Å². The highest BCUT2D eigenvalue weighted by molar-refractivity contribution is 7.98. The highest BCUT2D eigenvalue weighted by atomic mass is 32.2. The number of ether oxygens (including phenoxy) is 1. The van der Waals surface area contributed by atoms with Gasteiger partial charge in [-0.05, 0) is 17.4 Å². The SMILES string of the molecule is COC(=O)c1c(-c2ccccc2)c(-c2ccccc2)c(SC)oc1=O. The van der Waals surface area contributed by atoms with Gasteiger partial charge in [-0.1, -0.05) is 72.4 Å². The molecule has 3 rings (SSSR count). The fourth-order valence-electron chi connectivity index (χ4n) is 2.71. The Balaban J connectivity index is 2.47. The van der Waals surface area contributed by atoms with Crippen molar-refractivity contribution in [1.82, 2.24) is 0 Å². The lowest BCUT2D eigenvalue weighted by molar-refractivity contribution is 0.0595. The third kappa shape index (κ3) is 3.23. The van der Waals surface area contributed by atoms with Gasteiger partial charge in [-0.25, -0.2) is 9.59 Å². The molecule has 0 radical (unpaired) electrons. The first-order valence-corrected chi connectivity index (χ1v) is 8.84. The van der Waals surface area contributed by atoms with E-state index in [-0.39, 0.29) is 5.56 Å². The van der Waals surface area contributed by atoms with Gasteiger partial charge in [-0.3, -0.25) is 0 Å². The molecule has 0 saturated carbocycles. The molecule has 1 aromatic heterocycles. The molecule has 0 atom stereocenters. The summed E-state index contributed by atoms with van der Waals surface area (Å²) >= 11 is 1.32. The molecule has 3 aromatic rings. The van der Waals surface area contributed by atoms with Crippen molar-refractivity contribution in [3.05, 3.63) is 76.6 Å². The predicted molar refractivity (Wildman–Crippen MR) is 99.0 cm³/mol. The number of rotatable bonds is 4. The molecule has 0 aliphatic carbocycles. The van der Waals surface area contributed by atoms with Crippen LogP contribution in [0.1, 0.15) is 10.4 Å². The normalized spacial score (nSPS) is 10.5. The van der Waals surface area contributed by atoms with E-state index in [2.05, 4.69) is 0 Å². The molecule has 5 heteroatoms. The van der Waals surface area contributed by atoms with E-state index in [1.54, 1.807) is 0 Å². The third-order valence-electron chi connectivity index (χ3n) is 3.79. The third-order valence-corrected chi connectivity index (χ3v) is 4.45. The Bertz CT molecular complexity index is 947. The van der Waals surface area contributed by atoms with Gasteiger partial charge in [0.25, 0.3) is 0 Å². The summed E-state index contributed by atoms with van der Waals surface area (Å²) in [5, 5.41) is 0.461. The zero-order chi connectivity index (χ0) is 17.8. The van der Waals surface area contributed by atoms with Gasteiger partial charge >= 0.3 is 11.6 Å². The number of carbonyl (C=O) groups excluding carboxylic acids is 1. The first kappa shape index (κ1) is 17.0. The van der Waals surface area contributed by atoms with Crippen LogP contribution in [-0.2, 0) is 4.74 Å². The minimum absolute atomic E-state index is 0.0923. The maximum atomic E-state index is 12.5. The Morgan fingerprint density at radius 3 is 1.92 bits per heavy atom. The lowest BCUT2D eigenvalue weighted by atomic mass is 9.93. The quantitative estimate of drug-likeness (QED) is 0.512. The molecule has 0 spiro atoms. The number of hydrogen-bond acceptors (Lipinski definition) is 5. The Morgan fingerprint density at radius 2 is 1.44 bits per heavy atom. The van der Waals surface area contributed by atoms with Crippen molar-refractivity contribution in [1.29, 1.82) is 0 Å². The molecule has 2 aromatic carbocycles. The molecule has 25 heavy (non-hydrogen) atoms. The summed E-state index contributed by atoms with van der Waals surface area (Å²) in [7, 11) is 1.25. The van der Waals surface area contributed by atoms with E-state index >= 15 is 0 Å². The summed E-state index contributed by atoms with van der Waals surface area (Å²) in [6.45, 7) is 0. The number of esters is 1. The largest absolute Gasteiger partial charge is 0.465 e. The molecular formula is C20H16O4S. The second-order valence-corrected chi connectivity index (χ2v) is 6.01. The van der Waals surface area contributed by atoms with Crippen LogP contribution < -0.4 is 5.63 Å². The fourth-order valence-corrected chi connectivity index (χ4v) is 3.29. The fraction of sp³-hybridized carbons (Fsp3) is 0.100. The lowest BCUT2D eigenvalue weighted by Crippen LogP contribution is -2.18. The monoisotopic (exact) mass is 352 g/mol. The van der Waals surface area contributed by atoms with Crippen LogP contribution in [0.3, 0.4) is 0 Å². The minimum atomic E-state index is -0.711. The van der Waals surface area contributed by atoms with Crippen LogP contribution in [0.15, 0.2) is 75.0 Å². The molecule has 4 nitrogen and oxygen atoms in total. The van der Waals surface area contributed by atoms with Crippen LogP contribution in [-0.4, -0.2) is 19.3 Å². The molecule has 0 saturated heterocycles. The van der Waals surface area contributed by atoms with Crippen molar-refractivity contribution in [2.75, 3.05) is 13.4 Å². The minimum Gasteiger partial charge on any atom is -0.465 e. The van der Waals surface area contributed by atoms with E-state index in [4.69, 9.17) is 9.15 Å². The molecule has 0 N–H and O–H groups in total. The average molecular weight is 352 g/mol. The van der Waals surface area contributed by atoms with Gasteiger partial charge in [-0.15, -0.1) is 0 Å². The molecule has 0 aliphatic rings. The average Bonchev–Trinajstić information content (AvgIpc) is 2.67. The van der Waals surface area contributed by atoms with Crippen molar-refractivity contribution in [3.8, 4) is 22.3 Å². The molecule has 1 heterocycles. The summed E-state index contributed by atoms with van der Waals surface area (Å²) in [5.74, 6) is -0.711. The van der Waals surface area contributed by atoms with Crippen molar-refractivity contribution in [3.63, 3.8) is 0 Å². The molecule has 126 valence electrons. The second-order valence-electron chi connectivity index (χ2n) is 5.23. The van der Waals surface area contributed by atoms with E-state index in [1.165, 1.54) is 18.9 Å². The van der Waals surface area contributed by atoms with Gasteiger partial charge in [0.2, 0.25) is 0 Å². The zero-order valence-electron chi connectivity index (χ0n) is 13.8. The Morgan fingerprint density at radius 1 is 0.920 bits per heavy atom. The highest BCUT2D eigenvalue weighted by Crippen LogP contribution is 2.39. The molecule has 0 aliphatic heterocycles. The standard InChI is InChI=1S/C20H16O4S/c1-23-18(21)17-15(13-9-5-3-6-10-13)16(14-11-7-4-8-12-14)20(25-2)24-19(17)22/h3-12H,1-2H3. The number of methoxy groups -OCH3 is 1. The number of benzene rings is 2. The van der Waals surface area contributed by atoms with Crippen LogP contribution in [0.2, 0.25) is 0 Å². The molecule has 0 fully saturated rings. The molecular weight excluding hydrogens is 336 g/mol. The van der Waals surface area contributed by atoms with Crippen molar-refractivity contribution in [2.45, 2.75) is 5.09 Å². The van der Waals surface area contributed by atoms with E-state index in [1.807, 2.05) is 66.9 Å².